The number of aromatic amines is 1. The first kappa shape index (κ1) is 26.1. The van der Waals surface area contributed by atoms with Crippen LogP contribution < -0.4 is 21.2 Å². The molecule has 0 aliphatic heterocycles. The molecule has 3 nitrogen and oxygen atoms in total. The van der Waals surface area contributed by atoms with Crippen molar-refractivity contribution in [1.82, 2.24) is 14.4 Å². The molecule has 2 aromatic heterocycles. The van der Waals surface area contributed by atoms with E-state index in [2.05, 4.69) is 113 Å². The molecule has 0 unspecified atom stereocenters. The molecule has 41 heavy (non-hydrogen) atoms. The summed E-state index contributed by atoms with van der Waals surface area (Å²) in [6.07, 6.45) is 0. The third kappa shape index (κ3) is 4.22. The Hall–Kier alpha value is -3.79. The van der Waals surface area contributed by atoms with Crippen molar-refractivity contribution < 1.29 is 0 Å². The lowest BCUT2D eigenvalue weighted by Gasteiger charge is -2.28. The molecule has 2 heterocycles. The lowest BCUT2D eigenvalue weighted by atomic mass is 10.2. The first-order chi connectivity index (χ1) is 20.1. The minimum absolute atomic E-state index is 0.515. The van der Waals surface area contributed by atoms with Crippen LogP contribution in [0.5, 0.6) is 0 Å². The summed E-state index contributed by atoms with van der Waals surface area (Å²) in [6.45, 7) is 0. The summed E-state index contributed by atoms with van der Waals surface area (Å²) >= 11 is 19.4. The molecular weight excluding hydrogens is 584 g/mol. The number of aromatic nitrogens is 3. The molecule has 7 heteroatoms. The molecule has 0 saturated heterocycles. The lowest BCUT2D eigenvalue weighted by Crippen LogP contribution is -2.40. The maximum Gasteiger partial charge on any atom is 0.187 e. The number of benzene rings is 5. The number of para-hydroxylation sites is 2. The second-order valence-corrected chi connectivity index (χ2v) is 14.3. The molecule has 0 aliphatic rings. The van der Waals surface area contributed by atoms with E-state index in [9.17, 15) is 0 Å². The van der Waals surface area contributed by atoms with Crippen molar-refractivity contribution in [2.24, 2.45) is 0 Å². The Kier molecular flexibility index (Phi) is 6.73. The topological polar surface area (TPSA) is 33.1 Å². The zero-order valence-electron chi connectivity index (χ0n) is 21.7. The van der Waals surface area contributed by atoms with Gasteiger partial charge in [0.1, 0.15) is 21.7 Å². The van der Waals surface area contributed by atoms with Crippen LogP contribution in [0.3, 0.4) is 0 Å². The van der Waals surface area contributed by atoms with E-state index >= 15 is 0 Å². The Morgan fingerprint density at radius 3 is 1.76 bits per heavy atom. The fourth-order valence-electron chi connectivity index (χ4n) is 5.71. The van der Waals surface area contributed by atoms with E-state index < -0.39 is 7.26 Å². The molecule has 0 bridgehead atoms. The van der Waals surface area contributed by atoms with Crippen molar-refractivity contribution in [3.63, 3.8) is 0 Å². The minimum Gasteiger partial charge on any atom is -0.336 e. The van der Waals surface area contributed by atoms with Gasteiger partial charge in [-0.1, -0.05) is 102 Å². The number of imidazole rings is 1. The van der Waals surface area contributed by atoms with Crippen LogP contribution in [0.1, 0.15) is 0 Å². The van der Waals surface area contributed by atoms with Crippen molar-refractivity contribution in [3.8, 4) is 11.4 Å². The third-order valence-corrected chi connectivity index (χ3v) is 12.7. The van der Waals surface area contributed by atoms with Gasteiger partial charge in [-0.3, -0.25) is 4.40 Å². The Morgan fingerprint density at radius 1 is 0.659 bits per heavy atom. The summed E-state index contributed by atoms with van der Waals surface area (Å²) in [5.74, 6) is 0.667. The molecule has 0 spiro atoms. The number of H-pyrrole nitrogens is 1. The summed E-state index contributed by atoms with van der Waals surface area (Å²) in [7, 11) is -2.55. The van der Waals surface area contributed by atoms with Gasteiger partial charge in [0.15, 0.2) is 22.9 Å². The fourth-order valence-corrected chi connectivity index (χ4v) is 11.1. The summed E-state index contributed by atoms with van der Waals surface area (Å²) in [5, 5.41) is 5.67. The van der Waals surface area contributed by atoms with Crippen LogP contribution in [0.15, 0.2) is 133 Å². The minimum atomic E-state index is -2.55. The predicted octanol–water partition coefficient (Wildman–Crippen LogP) is 8.14. The molecular formula is C34H23Cl2N3PS+. The normalized spacial score (nSPS) is 11.8. The first-order valence-corrected chi connectivity index (χ1v) is 16.1. The average Bonchev–Trinajstić information content (AvgIpc) is 3.39. The second-order valence-electron chi connectivity index (χ2n) is 9.72. The number of hydrogen-bond acceptors (Lipinski definition) is 2. The number of nitrogens with one attached hydrogen (secondary N) is 1. The summed E-state index contributed by atoms with van der Waals surface area (Å²) in [6, 6.07) is 45.8. The van der Waals surface area contributed by atoms with E-state index in [1.807, 2.05) is 24.3 Å². The zero-order valence-corrected chi connectivity index (χ0v) is 24.9. The van der Waals surface area contributed by atoms with Gasteiger partial charge in [-0.05, 0) is 66.7 Å². The van der Waals surface area contributed by atoms with Crippen molar-refractivity contribution in [3.05, 3.63) is 148 Å². The molecule has 0 fully saturated rings. The van der Waals surface area contributed by atoms with Crippen LogP contribution in [0.4, 0.5) is 0 Å². The second kappa shape index (κ2) is 10.6. The Labute approximate surface area is 253 Å². The van der Waals surface area contributed by atoms with E-state index in [1.165, 1.54) is 15.9 Å². The average molecular weight is 608 g/mol. The summed E-state index contributed by atoms with van der Waals surface area (Å²) in [4.78, 5) is 8.94. The van der Waals surface area contributed by atoms with E-state index in [0.717, 1.165) is 27.5 Å². The number of nitrogens with zero attached hydrogens (tertiary/aromatic N) is 2. The van der Waals surface area contributed by atoms with Gasteiger partial charge < -0.3 is 4.98 Å². The van der Waals surface area contributed by atoms with Crippen molar-refractivity contribution >= 4 is 80.6 Å². The molecule has 0 radical (unpaired) electrons. The number of hydrogen-bond donors (Lipinski definition) is 1. The zero-order chi connectivity index (χ0) is 28.0. The highest BCUT2D eigenvalue weighted by molar-refractivity contribution is 8.02. The number of rotatable bonds is 5. The van der Waals surface area contributed by atoms with E-state index in [0.29, 0.717) is 20.5 Å². The molecule has 0 atom stereocenters. The molecule has 0 saturated carbocycles. The van der Waals surface area contributed by atoms with Crippen LogP contribution in [0.25, 0.3) is 28.1 Å². The van der Waals surface area contributed by atoms with Crippen molar-refractivity contribution in [2.75, 3.05) is 0 Å². The molecule has 0 amide bonds. The molecule has 198 valence electrons. The Morgan fingerprint density at radius 2 is 1.20 bits per heavy atom. The van der Waals surface area contributed by atoms with Gasteiger partial charge in [-0.15, -0.1) is 0 Å². The Bertz CT molecular complexity index is 2000. The first-order valence-electron chi connectivity index (χ1n) is 13.1. The molecule has 5 aromatic carbocycles. The van der Waals surface area contributed by atoms with Gasteiger partial charge in [0.2, 0.25) is 0 Å². The van der Waals surface area contributed by atoms with E-state index in [4.69, 9.17) is 40.4 Å². The van der Waals surface area contributed by atoms with Crippen LogP contribution >= 0.6 is 42.7 Å². The monoisotopic (exact) mass is 606 g/mol. The van der Waals surface area contributed by atoms with Gasteiger partial charge >= 0.3 is 0 Å². The highest BCUT2D eigenvalue weighted by Gasteiger charge is 2.51. The molecule has 0 aliphatic carbocycles. The van der Waals surface area contributed by atoms with Crippen LogP contribution in [0.2, 0.25) is 10.0 Å². The summed E-state index contributed by atoms with van der Waals surface area (Å²) in [5.41, 5.74) is 3.63. The smallest absolute Gasteiger partial charge is 0.187 e. The SMILES string of the molecule is S=c1nc(-c2ccc(Cl)cc2Cl)n2c([nH]c3ccccc32)c1[P+](c1ccccc1)(c1ccccc1)c1ccccc1. The number of fused-ring (bicyclic) bond motifs is 3. The Balaban J connectivity index is 1.72. The third-order valence-electron chi connectivity index (χ3n) is 7.41. The highest BCUT2D eigenvalue weighted by atomic mass is 35.5. The largest absolute Gasteiger partial charge is 0.336 e. The standard InChI is InChI=1S/C34H22Cl2N3PS/c35-23-20-21-27(28(36)22-23)32-38-34(41)31(33-37-29-18-10-11-19-30(29)39(32)33)40(24-12-4-1-5-13-24,25-14-6-2-7-15-25)26-16-8-3-9-17-26/h1-22H/p+1. The van der Waals surface area contributed by atoms with Gasteiger partial charge in [-0.2, -0.15) is 0 Å². The lowest BCUT2D eigenvalue weighted by molar-refractivity contribution is 1.13. The van der Waals surface area contributed by atoms with Gasteiger partial charge in [0, 0.05) is 10.6 Å². The molecule has 1 N–H and O–H groups in total. The molecule has 7 rings (SSSR count). The molecule has 7 aromatic rings. The van der Waals surface area contributed by atoms with E-state index in [-0.39, 0.29) is 0 Å². The summed E-state index contributed by atoms with van der Waals surface area (Å²) < 4.78 is 2.70. The van der Waals surface area contributed by atoms with Crippen LogP contribution in [-0.4, -0.2) is 14.4 Å². The maximum absolute atomic E-state index is 6.78. The van der Waals surface area contributed by atoms with Gasteiger partial charge in [0.05, 0.1) is 16.1 Å². The highest BCUT2D eigenvalue weighted by Crippen LogP contribution is 2.55. The van der Waals surface area contributed by atoms with Crippen LogP contribution in [-0.2, 0) is 0 Å². The predicted molar refractivity (Wildman–Crippen MR) is 178 cm³/mol. The van der Waals surface area contributed by atoms with Gasteiger partial charge in [0.25, 0.3) is 0 Å². The van der Waals surface area contributed by atoms with E-state index in [1.54, 1.807) is 6.07 Å². The van der Waals surface area contributed by atoms with Crippen LogP contribution in [0, 0.1) is 4.64 Å². The quantitative estimate of drug-likeness (QED) is 0.158. The maximum atomic E-state index is 6.78. The number of halogens is 2. The van der Waals surface area contributed by atoms with Crippen molar-refractivity contribution in [1.29, 1.82) is 0 Å². The fraction of sp³-hybridized carbons (Fsp3) is 0. The van der Waals surface area contributed by atoms with Crippen molar-refractivity contribution in [2.45, 2.75) is 0 Å². The van der Waals surface area contributed by atoms with Gasteiger partial charge in [-0.25, -0.2) is 4.98 Å².